The van der Waals surface area contributed by atoms with Crippen molar-refractivity contribution in [3.8, 4) is 0 Å². The lowest BCUT2D eigenvalue weighted by Gasteiger charge is -2.68. The van der Waals surface area contributed by atoms with Crippen LogP contribution in [0.2, 0.25) is 0 Å². The van der Waals surface area contributed by atoms with Crippen molar-refractivity contribution in [3.05, 3.63) is 47.5 Å². The second-order valence-electron chi connectivity index (χ2n) is 13.7. The Hall–Kier alpha value is -1.49. The highest BCUT2D eigenvalue weighted by Gasteiger charge is 2.70. The molecule has 8 atom stereocenters. The van der Waals surface area contributed by atoms with Crippen molar-refractivity contribution in [1.29, 1.82) is 0 Å². The van der Waals surface area contributed by atoms with Crippen LogP contribution in [0.4, 0.5) is 0 Å². The van der Waals surface area contributed by atoms with E-state index in [2.05, 4.69) is 57.2 Å². The van der Waals surface area contributed by atoms with Crippen LogP contribution in [0.25, 0.3) is 0 Å². The van der Waals surface area contributed by atoms with Crippen molar-refractivity contribution in [3.63, 3.8) is 0 Å². The monoisotopic (exact) mass is 462 g/mol. The second kappa shape index (κ2) is 6.63. The van der Waals surface area contributed by atoms with Gasteiger partial charge in [0.15, 0.2) is 0 Å². The zero-order valence-electron chi connectivity index (χ0n) is 20.8. The van der Waals surface area contributed by atoms with Gasteiger partial charge in [0.1, 0.15) is 11.4 Å². The van der Waals surface area contributed by atoms with Crippen LogP contribution in [-0.4, -0.2) is 28.7 Å². The summed E-state index contributed by atoms with van der Waals surface area (Å²) in [5.41, 5.74) is 0.889. The van der Waals surface area contributed by atoms with Crippen LogP contribution in [0.3, 0.4) is 0 Å². The predicted octanol–water partition coefficient (Wildman–Crippen LogP) is 5.54. The second-order valence-corrected chi connectivity index (χ2v) is 13.7. The number of rotatable bonds is 0. The van der Waals surface area contributed by atoms with E-state index in [1.165, 1.54) is 11.1 Å². The first kappa shape index (κ1) is 21.8. The largest absolute Gasteiger partial charge is 0.389 e. The van der Waals surface area contributed by atoms with E-state index in [-0.39, 0.29) is 16.2 Å². The number of benzene rings is 1. The number of carbonyl (C=O) groups is 1. The fourth-order valence-corrected chi connectivity index (χ4v) is 10.0. The first-order valence-corrected chi connectivity index (χ1v) is 13.5. The van der Waals surface area contributed by atoms with Gasteiger partial charge >= 0.3 is 0 Å². The Kier molecular flexibility index (Phi) is 4.24. The summed E-state index contributed by atoms with van der Waals surface area (Å²) in [5, 5.41) is 12.6. The van der Waals surface area contributed by atoms with E-state index in [0.717, 1.165) is 44.9 Å². The molecule has 1 aromatic carbocycles. The first-order valence-electron chi connectivity index (χ1n) is 13.5. The van der Waals surface area contributed by atoms with Gasteiger partial charge in [-0.3, -0.25) is 4.79 Å². The molecule has 34 heavy (non-hydrogen) atoms. The number of hydrogen-bond donors (Lipinski definition) is 1. The quantitative estimate of drug-likeness (QED) is 0.407. The molecular weight excluding hydrogens is 424 g/mol. The lowest BCUT2D eigenvalue weighted by molar-refractivity contribution is -0.403. The van der Waals surface area contributed by atoms with Gasteiger partial charge in [0.25, 0.3) is 0 Å². The molecule has 2 spiro atoms. The Morgan fingerprint density at radius 2 is 1.88 bits per heavy atom. The van der Waals surface area contributed by atoms with Gasteiger partial charge in [0, 0.05) is 23.7 Å². The van der Waals surface area contributed by atoms with Crippen LogP contribution in [0, 0.1) is 34.0 Å². The number of carbonyl (C=O) groups excluding carboxylic acids is 1. The Balaban J connectivity index is 1.40. The van der Waals surface area contributed by atoms with Gasteiger partial charge in [-0.15, -0.1) is 0 Å². The molecule has 5 aliphatic carbocycles. The van der Waals surface area contributed by atoms with Gasteiger partial charge in [-0.25, -0.2) is 9.78 Å². The van der Waals surface area contributed by atoms with Gasteiger partial charge < -0.3 is 5.11 Å². The summed E-state index contributed by atoms with van der Waals surface area (Å²) >= 11 is 0. The number of fused-ring (bicyclic) bond motifs is 4. The zero-order valence-corrected chi connectivity index (χ0v) is 20.8. The van der Waals surface area contributed by atoms with Crippen LogP contribution in [0.1, 0.15) is 82.8 Å². The first-order chi connectivity index (χ1) is 16.1. The van der Waals surface area contributed by atoms with Crippen LogP contribution in [-0.2, 0) is 21.0 Å². The number of Topliss-reactive ketones (excluding diaryl/α,β-unsaturated/α-hetero) is 1. The Labute approximate surface area is 203 Å². The normalized spacial score (nSPS) is 50.3. The van der Waals surface area contributed by atoms with E-state index in [1.54, 1.807) is 0 Å². The molecule has 3 saturated carbocycles. The Bertz CT molecular complexity index is 1090. The van der Waals surface area contributed by atoms with Gasteiger partial charge in [0.05, 0.1) is 12.2 Å². The molecule has 4 fully saturated rings. The highest BCUT2D eigenvalue weighted by molar-refractivity contribution is 5.87. The van der Waals surface area contributed by atoms with Crippen molar-refractivity contribution in [2.24, 2.45) is 34.0 Å². The summed E-state index contributed by atoms with van der Waals surface area (Å²) < 4.78 is 0. The molecule has 1 unspecified atom stereocenters. The molecule has 1 aliphatic heterocycles. The average molecular weight is 463 g/mol. The molecule has 1 aromatic rings. The standard InChI is InChI=1S/C30H38O4/c1-26(2)16-28(34-33-18-26)12-13-29-14-19-6-4-5-7-20(19)22-15-27(3)23(8-9-24(27)31)21(25(22)29)10-11-30(29,32)17-28/h4-7,12-13,21-23,25,32H,8-11,14-18H2,1-3H3/t21-,22+,23-,25+,27-,28?,29-,30+/m0/s1. The molecule has 182 valence electrons. The SMILES string of the molecule is CC1(C)COOC2(C=C[C@@]34Cc5ccccc5[C@H]5C[C@]6(C)C(=O)CC[C@H]6[C@H](CC[C@@]3(O)C2)[C@H]54)C1. The fourth-order valence-electron chi connectivity index (χ4n) is 10.0. The minimum Gasteiger partial charge on any atom is -0.389 e. The van der Waals surface area contributed by atoms with Gasteiger partial charge in [-0.2, -0.15) is 0 Å². The minimum atomic E-state index is -0.832. The maximum atomic E-state index is 13.2. The third-order valence-corrected chi connectivity index (χ3v) is 11.2. The molecule has 6 aliphatic rings. The van der Waals surface area contributed by atoms with Crippen LogP contribution >= 0.6 is 0 Å². The van der Waals surface area contributed by atoms with E-state index in [9.17, 15) is 9.90 Å². The van der Waals surface area contributed by atoms with Gasteiger partial charge in [-0.05, 0) is 78.7 Å². The predicted molar refractivity (Wildman–Crippen MR) is 129 cm³/mol. The van der Waals surface area contributed by atoms with Crippen molar-refractivity contribution in [1.82, 2.24) is 0 Å². The molecule has 1 N–H and O–H groups in total. The Morgan fingerprint density at radius 1 is 1.06 bits per heavy atom. The molecule has 1 heterocycles. The van der Waals surface area contributed by atoms with Crippen molar-refractivity contribution in [2.45, 2.75) is 89.3 Å². The maximum absolute atomic E-state index is 13.2. The lowest BCUT2D eigenvalue weighted by Crippen LogP contribution is -2.68. The number of hydrogen-bond acceptors (Lipinski definition) is 4. The molecule has 1 saturated heterocycles. The van der Waals surface area contributed by atoms with Crippen molar-refractivity contribution < 1.29 is 19.7 Å². The average Bonchev–Trinajstić information content (AvgIpc) is 3.08. The van der Waals surface area contributed by atoms with E-state index >= 15 is 0 Å². The highest BCUT2D eigenvalue weighted by atomic mass is 17.2. The van der Waals surface area contributed by atoms with Gasteiger partial charge in [-0.1, -0.05) is 57.2 Å². The third-order valence-electron chi connectivity index (χ3n) is 11.2. The molecule has 0 aromatic heterocycles. The van der Waals surface area contributed by atoms with Crippen molar-refractivity contribution >= 4 is 5.78 Å². The van der Waals surface area contributed by atoms with E-state index in [4.69, 9.17) is 9.78 Å². The third kappa shape index (κ3) is 2.63. The molecule has 0 radical (unpaired) electrons. The lowest BCUT2D eigenvalue weighted by atomic mass is 9.38. The summed E-state index contributed by atoms with van der Waals surface area (Å²) in [4.78, 5) is 24.8. The maximum Gasteiger partial charge on any atom is 0.139 e. The zero-order chi connectivity index (χ0) is 23.6. The molecule has 0 bridgehead atoms. The van der Waals surface area contributed by atoms with Crippen LogP contribution in [0.15, 0.2) is 36.4 Å². The molecule has 7 rings (SSSR count). The summed E-state index contributed by atoms with van der Waals surface area (Å²) in [6.45, 7) is 7.29. The Morgan fingerprint density at radius 3 is 2.71 bits per heavy atom. The summed E-state index contributed by atoms with van der Waals surface area (Å²) in [5.74, 6) is 2.11. The van der Waals surface area contributed by atoms with E-state index < -0.39 is 11.2 Å². The van der Waals surface area contributed by atoms with Crippen molar-refractivity contribution in [2.75, 3.05) is 6.61 Å². The van der Waals surface area contributed by atoms with Crippen LogP contribution in [0.5, 0.6) is 0 Å². The van der Waals surface area contributed by atoms with E-state index in [0.29, 0.717) is 42.5 Å². The van der Waals surface area contributed by atoms with Gasteiger partial charge in [0.2, 0.25) is 0 Å². The van der Waals surface area contributed by atoms with E-state index in [1.807, 2.05) is 0 Å². The summed E-state index contributed by atoms with van der Waals surface area (Å²) in [7, 11) is 0. The topological polar surface area (TPSA) is 55.8 Å². The molecular formula is C30H38O4. The minimum absolute atomic E-state index is 0.0131. The summed E-state index contributed by atoms with van der Waals surface area (Å²) in [6, 6.07) is 8.86. The summed E-state index contributed by atoms with van der Waals surface area (Å²) in [6.07, 6.45) is 11.4. The van der Waals surface area contributed by atoms with Crippen LogP contribution < -0.4 is 0 Å². The molecule has 4 nitrogen and oxygen atoms in total. The number of ketones is 1. The molecule has 4 heteroatoms. The highest BCUT2D eigenvalue weighted by Crippen LogP contribution is 2.72. The molecule has 0 amide bonds. The smallest absolute Gasteiger partial charge is 0.139 e. The number of aliphatic hydroxyl groups is 1. The fraction of sp³-hybridized carbons (Fsp3) is 0.700.